The number of rotatable bonds is 9. The fourth-order valence-corrected chi connectivity index (χ4v) is 6.94. The van der Waals surface area contributed by atoms with Crippen LogP contribution in [0, 0.1) is 0 Å². The Morgan fingerprint density at radius 2 is 0.762 bits per heavy atom. The molecule has 21 heavy (non-hydrogen) atoms. The SMILES string of the molecule is O=S(=O)(O)CC[S+](CCS(=O)(=O)O)CCS(=O)(=O)O.[Na+].[Na+]. The number of hydrogen-bond acceptors (Lipinski definition) is 6. The molecular formula is C6H15Na2O9S4+3. The van der Waals surface area contributed by atoms with Crippen LogP contribution in [-0.4, -0.2) is 73.4 Å². The van der Waals surface area contributed by atoms with Crippen molar-refractivity contribution in [3.05, 3.63) is 0 Å². The van der Waals surface area contributed by atoms with Crippen molar-refractivity contribution in [2.24, 2.45) is 0 Å². The summed E-state index contributed by atoms with van der Waals surface area (Å²) in [7, 11) is -13.7. The first-order valence-electron chi connectivity index (χ1n) is 4.78. The van der Waals surface area contributed by atoms with Crippen molar-refractivity contribution in [1.82, 2.24) is 0 Å². The van der Waals surface area contributed by atoms with Gasteiger partial charge < -0.3 is 0 Å². The Bertz CT molecular complexity index is 496. The molecule has 0 aliphatic heterocycles. The van der Waals surface area contributed by atoms with Crippen LogP contribution in [0.4, 0.5) is 0 Å². The Morgan fingerprint density at radius 1 is 0.571 bits per heavy atom. The van der Waals surface area contributed by atoms with E-state index < -0.39 is 58.5 Å². The van der Waals surface area contributed by atoms with Gasteiger partial charge in [0, 0.05) is 0 Å². The molecule has 9 nitrogen and oxygen atoms in total. The molecule has 0 radical (unpaired) electrons. The van der Waals surface area contributed by atoms with Gasteiger partial charge in [0.25, 0.3) is 30.4 Å². The standard InChI is InChI=1S/C6H14O9S4.2Na/c7-17(8,9)4-1-16(2-5-18(10,11)12)3-6-19(13,14)15;;/h1-6H2,(H2-,7,8,9,10,11,12,13,14,15);;/q;2*+1/p+1. The van der Waals surface area contributed by atoms with Crippen LogP contribution >= 0.6 is 0 Å². The van der Waals surface area contributed by atoms with Gasteiger partial charge >= 0.3 is 59.1 Å². The molecule has 15 heteroatoms. The first-order valence-corrected chi connectivity index (χ1v) is 11.3. The average Bonchev–Trinajstić information content (AvgIpc) is 2.11. The van der Waals surface area contributed by atoms with Crippen molar-refractivity contribution in [1.29, 1.82) is 0 Å². The minimum atomic E-state index is -4.24. The maximum atomic E-state index is 10.6. The van der Waals surface area contributed by atoms with E-state index in [1.165, 1.54) is 0 Å². The van der Waals surface area contributed by atoms with Crippen LogP contribution in [0.5, 0.6) is 0 Å². The molecule has 0 aromatic carbocycles. The van der Waals surface area contributed by atoms with Crippen LogP contribution < -0.4 is 59.1 Å². The van der Waals surface area contributed by atoms with Gasteiger partial charge in [-0.2, -0.15) is 25.3 Å². The Kier molecular flexibility index (Phi) is 15.4. The van der Waals surface area contributed by atoms with E-state index in [9.17, 15) is 25.3 Å². The van der Waals surface area contributed by atoms with Crippen LogP contribution in [0.25, 0.3) is 0 Å². The summed E-state index contributed by atoms with van der Waals surface area (Å²) < 4.78 is 89.1. The summed E-state index contributed by atoms with van der Waals surface area (Å²) in [6, 6.07) is 0. The fourth-order valence-electron chi connectivity index (χ4n) is 0.976. The summed E-state index contributed by atoms with van der Waals surface area (Å²) in [5.41, 5.74) is 0. The molecule has 0 aromatic rings. The van der Waals surface area contributed by atoms with Gasteiger partial charge in [0.1, 0.15) is 34.5 Å². The van der Waals surface area contributed by atoms with E-state index in [0.717, 1.165) is 0 Å². The first kappa shape index (κ1) is 27.9. The Balaban J connectivity index is -0.00000162. The van der Waals surface area contributed by atoms with E-state index in [2.05, 4.69) is 0 Å². The zero-order valence-corrected chi connectivity index (χ0v) is 18.9. The van der Waals surface area contributed by atoms with Crippen LogP contribution in [0.2, 0.25) is 0 Å². The molecule has 0 aliphatic carbocycles. The molecular weight excluding hydrogens is 390 g/mol. The van der Waals surface area contributed by atoms with Gasteiger partial charge in [0.2, 0.25) is 0 Å². The predicted octanol–water partition coefficient (Wildman–Crippen LogP) is -7.72. The second kappa shape index (κ2) is 11.6. The van der Waals surface area contributed by atoms with E-state index in [0.29, 0.717) is 0 Å². The molecule has 0 saturated heterocycles. The van der Waals surface area contributed by atoms with Crippen molar-refractivity contribution in [2.75, 3.05) is 34.5 Å². The minimum Gasteiger partial charge on any atom is -0.285 e. The molecule has 116 valence electrons. The van der Waals surface area contributed by atoms with Gasteiger partial charge in [-0.3, -0.25) is 13.7 Å². The molecule has 0 amide bonds. The molecule has 3 N–H and O–H groups in total. The van der Waals surface area contributed by atoms with Crippen LogP contribution in [0.15, 0.2) is 0 Å². The largest absolute Gasteiger partial charge is 1.00 e. The normalized spacial score (nSPS) is 12.6. The molecule has 0 aliphatic rings. The quantitative estimate of drug-likeness (QED) is 0.192. The van der Waals surface area contributed by atoms with E-state index in [1.54, 1.807) is 0 Å². The van der Waals surface area contributed by atoms with E-state index in [-0.39, 0.29) is 76.4 Å². The third-order valence-electron chi connectivity index (χ3n) is 1.89. The van der Waals surface area contributed by atoms with Crippen molar-refractivity contribution < 1.29 is 98.0 Å². The second-order valence-corrected chi connectivity index (χ2v) is 10.7. The first-order chi connectivity index (χ1) is 8.29. The van der Waals surface area contributed by atoms with Crippen LogP contribution in [-0.2, 0) is 41.2 Å². The fraction of sp³-hybridized carbons (Fsp3) is 1.00. The molecule has 0 aromatic heterocycles. The van der Waals surface area contributed by atoms with E-state index in [4.69, 9.17) is 13.7 Å². The monoisotopic (exact) mass is 405 g/mol. The summed E-state index contributed by atoms with van der Waals surface area (Å²) in [6.45, 7) is 0. The maximum absolute atomic E-state index is 10.6. The van der Waals surface area contributed by atoms with Crippen LogP contribution in [0.1, 0.15) is 0 Å². The van der Waals surface area contributed by atoms with Gasteiger partial charge in [0.05, 0.1) is 0 Å². The molecule has 0 saturated carbocycles. The van der Waals surface area contributed by atoms with Gasteiger partial charge in [0.15, 0.2) is 0 Å². The Morgan fingerprint density at radius 3 is 0.905 bits per heavy atom. The molecule has 0 bridgehead atoms. The molecule has 0 spiro atoms. The van der Waals surface area contributed by atoms with E-state index in [1.807, 2.05) is 0 Å². The average molecular weight is 405 g/mol. The van der Waals surface area contributed by atoms with Crippen molar-refractivity contribution >= 4 is 41.2 Å². The van der Waals surface area contributed by atoms with Gasteiger partial charge in [-0.15, -0.1) is 0 Å². The summed E-state index contributed by atoms with van der Waals surface area (Å²) >= 11 is 0. The second-order valence-electron chi connectivity index (χ2n) is 3.58. The molecule has 0 unspecified atom stereocenters. The summed E-state index contributed by atoms with van der Waals surface area (Å²) in [5.74, 6) is -2.38. The molecule has 0 fully saturated rings. The summed E-state index contributed by atoms with van der Waals surface area (Å²) in [4.78, 5) is 0. The molecule has 0 rings (SSSR count). The van der Waals surface area contributed by atoms with Gasteiger partial charge in [-0.1, -0.05) is 0 Å². The third-order valence-corrected chi connectivity index (χ3v) is 7.17. The molecule has 0 heterocycles. The van der Waals surface area contributed by atoms with Gasteiger partial charge in [-0.05, 0) is 10.9 Å². The topological polar surface area (TPSA) is 163 Å². The van der Waals surface area contributed by atoms with Crippen molar-refractivity contribution in [3.63, 3.8) is 0 Å². The summed E-state index contributed by atoms with van der Waals surface area (Å²) in [6.07, 6.45) is 0. The maximum Gasteiger partial charge on any atom is 1.00 e. The third kappa shape index (κ3) is 22.1. The Labute approximate surface area is 171 Å². The minimum absolute atomic E-state index is 0. The van der Waals surface area contributed by atoms with Crippen molar-refractivity contribution in [3.8, 4) is 0 Å². The van der Waals surface area contributed by atoms with Gasteiger partial charge in [-0.25, -0.2) is 0 Å². The smallest absolute Gasteiger partial charge is 0.285 e. The van der Waals surface area contributed by atoms with E-state index >= 15 is 0 Å². The summed E-state index contributed by atoms with van der Waals surface area (Å²) in [5, 5.41) is 0. The Hall–Kier alpha value is 2.08. The molecule has 0 atom stereocenters. The van der Waals surface area contributed by atoms with Crippen molar-refractivity contribution in [2.45, 2.75) is 0 Å². The number of hydrogen-bond donors (Lipinski definition) is 3. The zero-order valence-electron chi connectivity index (χ0n) is 11.7. The predicted molar refractivity (Wildman–Crippen MR) is 71.2 cm³/mol. The van der Waals surface area contributed by atoms with Crippen LogP contribution in [0.3, 0.4) is 0 Å². The zero-order chi connectivity index (χ0) is 15.3.